The normalized spacial score (nSPS) is 31.8. The Morgan fingerprint density at radius 3 is 2.43 bits per heavy atom. The summed E-state index contributed by atoms with van der Waals surface area (Å²) < 4.78 is 15.9. The maximum Gasteiger partial charge on any atom is 0.215 e. The van der Waals surface area contributed by atoms with E-state index in [1.807, 2.05) is 13.8 Å². The lowest BCUT2D eigenvalue weighted by atomic mass is 9.91. The SMILES string of the molecule is CC(C)C(/C=N/CSN)C(CO)OC(C=O)OC1C(CO)OC(O)C(O)C1O. The van der Waals surface area contributed by atoms with Crippen LogP contribution in [0, 0.1) is 11.8 Å². The topological polar surface area (TPSA) is 184 Å². The molecule has 1 saturated heterocycles. The number of hydrogen-bond acceptors (Lipinski definition) is 12. The van der Waals surface area contributed by atoms with Crippen LogP contribution < -0.4 is 5.14 Å². The lowest BCUT2D eigenvalue weighted by Crippen LogP contribution is -2.60. The minimum atomic E-state index is -1.71. The van der Waals surface area contributed by atoms with Gasteiger partial charge in [-0.3, -0.25) is 14.9 Å². The number of aliphatic hydroxyl groups excluding tert-OH is 5. The van der Waals surface area contributed by atoms with Crippen molar-refractivity contribution in [2.75, 3.05) is 19.1 Å². The van der Waals surface area contributed by atoms with Gasteiger partial charge in [0.25, 0.3) is 0 Å². The molecule has 1 aliphatic rings. The van der Waals surface area contributed by atoms with Crippen molar-refractivity contribution in [2.45, 2.75) is 56.9 Å². The Bertz CT molecular complexity index is 483. The number of aldehydes is 1. The molecule has 1 heterocycles. The largest absolute Gasteiger partial charge is 0.394 e. The number of ether oxygens (including phenoxy) is 3. The molecule has 11 nitrogen and oxygen atoms in total. The second-order valence-corrected chi connectivity index (χ2v) is 7.23. The maximum absolute atomic E-state index is 11.4. The van der Waals surface area contributed by atoms with Gasteiger partial charge in [0, 0.05) is 12.1 Å². The van der Waals surface area contributed by atoms with Crippen LogP contribution in [0.2, 0.25) is 0 Å². The summed E-state index contributed by atoms with van der Waals surface area (Å²) in [6, 6.07) is 0. The van der Waals surface area contributed by atoms with Crippen molar-refractivity contribution >= 4 is 24.4 Å². The van der Waals surface area contributed by atoms with Crippen molar-refractivity contribution in [1.82, 2.24) is 0 Å². The average Bonchev–Trinajstić information content (AvgIpc) is 2.68. The monoisotopic (exact) mass is 426 g/mol. The zero-order valence-electron chi connectivity index (χ0n) is 15.8. The van der Waals surface area contributed by atoms with Crippen LogP contribution >= 0.6 is 11.9 Å². The van der Waals surface area contributed by atoms with Gasteiger partial charge in [-0.2, -0.15) is 0 Å². The molecule has 0 bridgehead atoms. The zero-order chi connectivity index (χ0) is 21.3. The molecule has 164 valence electrons. The highest BCUT2D eigenvalue weighted by atomic mass is 32.2. The maximum atomic E-state index is 11.4. The van der Waals surface area contributed by atoms with Crippen molar-refractivity contribution < 1.29 is 44.5 Å². The van der Waals surface area contributed by atoms with Crippen LogP contribution in [0.5, 0.6) is 0 Å². The summed E-state index contributed by atoms with van der Waals surface area (Å²) >= 11 is 1.03. The van der Waals surface area contributed by atoms with E-state index in [4.69, 9.17) is 19.3 Å². The molecule has 12 heteroatoms. The molecule has 1 rings (SSSR count). The van der Waals surface area contributed by atoms with Crippen molar-refractivity contribution in [3.05, 3.63) is 0 Å². The van der Waals surface area contributed by atoms with Gasteiger partial charge in [-0.25, -0.2) is 0 Å². The number of rotatable bonds is 12. The Kier molecular flexibility index (Phi) is 11.6. The average molecular weight is 426 g/mol. The molecule has 0 saturated carbocycles. The molecular formula is C16H30N2O9S. The Morgan fingerprint density at radius 2 is 1.93 bits per heavy atom. The molecule has 0 radical (unpaired) electrons. The quantitative estimate of drug-likeness (QED) is 0.0847. The van der Waals surface area contributed by atoms with E-state index < -0.39 is 56.3 Å². The second-order valence-electron chi connectivity index (χ2n) is 6.64. The summed E-state index contributed by atoms with van der Waals surface area (Å²) in [5.41, 5.74) is 0. The Labute approximate surface area is 167 Å². The highest BCUT2D eigenvalue weighted by Gasteiger charge is 2.45. The first-order valence-corrected chi connectivity index (χ1v) is 9.84. The number of aliphatic imine (C=N–C) groups is 1. The first kappa shape index (κ1) is 25.4. The zero-order valence-corrected chi connectivity index (χ0v) is 16.6. The van der Waals surface area contributed by atoms with Crippen LogP contribution in [0.1, 0.15) is 13.8 Å². The number of nitrogens with zero attached hydrogens (tertiary/aromatic N) is 1. The van der Waals surface area contributed by atoms with E-state index in [-0.39, 0.29) is 11.8 Å². The molecular weight excluding hydrogens is 396 g/mol. The van der Waals surface area contributed by atoms with E-state index in [2.05, 4.69) is 4.99 Å². The fraction of sp³-hybridized carbons (Fsp3) is 0.875. The molecule has 1 aliphatic heterocycles. The third-order valence-corrected chi connectivity index (χ3v) is 4.65. The lowest BCUT2D eigenvalue weighted by Gasteiger charge is -2.41. The van der Waals surface area contributed by atoms with Gasteiger partial charge >= 0.3 is 0 Å². The van der Waals surface area contributed by atoms with Gasteiger partial charge in [-0.05, 0) is 5.92 Å². The smallest absolute Gasteiger partial charge is 0.215 e. The molecule has 0 aromatic heterocycles. The first-order chi connectivity index (χ1) is 13.3. The van der Waals surface area contributed by atoms with E-state index in [0.717, 1.165) is 11.9 Å². The van der Waals surface area contributed by atoms with E-state index in [1.165, 1.54) is 0 Å². The van der Waals surface area contributed by atoms with Crippen molar-refractivity contribution in [2.24, 2.45) is 22.0 Å². The molecule has 0 aromatic rings. The van der Waals surface area contributed by atoms with Crippen molar-refractivity contribution in [3.8, 4) is 0 Å². The third-order valence-electron chi connectivity index (χ3n) is 4.36. The summed E-state index contributed by atoms with van der Waals surface area (Å²) in [5.74, 6) is -0.0441. The summed E-state index contributed by atoms with van der Waals surface area (Å²) in [5, 5.41) is 53.8. The molecule has 0 aromatic carbocycles. The van der Waals surface area contributed by atoms with Crippen molar-refractivity contribution in [1.29, 1.82) is 0 Å². The minimum Gasteiger partial charge on any atom is -0.394 e. The number of carbonyl (C=O) groups excluding carboxylic acids is 1. The lowest BCUT2D eigenvalue weighted by molar-refractivity contribution is -0.315. The second kappa shape index (κ2) is 12.8. The Balaban J connectivity index is 2.88. The van der Waals surface area contributed by atoms with E-state index >= 15 is 0 Å². The minimum absolute atomic E-state index is 0.00161. The first-order valence-electron chi connectivity index (χ1n) is 8.79. The van der Waals surface area contributed by atoms with Gasteiger partial charge < -0.3 is 39.7 Å². The molecule has 1 fully saturated rings. The molecule has 28 heavy (non-hydrogen) atoms. The van der Waals surface area contributed by atoms with Crippen molar-refractivity contribution in [3.63, 3.8) is 0 Å². The number of carbonyl (C=O) groups is 1. The fourth-order valence-corrected chi connectivity index (χ4v) is 2.99. The van der Waals surface area contributed by atoms with Gasteiger partial charge in [-0.1, -0.05) is 25.8 Å². The molecule has 0 amide bonds. The van der Waals surface area contributed by atoms with Gasteiger partial charge in [0.1, 0.15) is 24.4 Å². The number of aliphatic hydroxyl groups is 5. The van der Waals surface area contributed by atoms with Gasteiger partial charge in [0.05, 0.1) is 25.2 Å². The van der Waals surface area contributed by atoms with Crippen LogP contribution in [0.15, 0.2) is 4.99 Å². The summed E-state index contributed by atoms with van der Waals surface area (Å²) in [6.45, 7) is 2.69. The predicted octanol–water partition coefficient (Wildman–Crippen LogP) is -2.39. The van der Waals surface area contributed by atoms with Crippen LogP contribution in [0.3, 0.4) is 0 Å². The molecule has 0 aliphatic carbocycles. The summed E-state index contributed by atoms with van der Waals surface area (Å²) in [6.07, 6.45) is -8.08. The third kappa shape index (κ3) is 6.99. The number of hydrogen-bond donors (Lipinski definition) is 6. The van der Waals surface area contributed by atoms with Crippen LogP contribution in [-0.2, 0) is 19.0 Å². The standard InChI is InChI=1S/C16H30N2O9S/c1-8(2)9(3-18-7-28-17)10(4-19)25-12(6-21)27-15-11(5-20)26-16(24)14(23)13(15)22/h3,6,8-16,19-20,22-24H,4-5,7,17H2,1-2H3/b18-3+. The van der Waals surface area contributed by atoms with E-state index in [0.29, 0.717) is 12.2 Å². The summed E-state index contributed by atoms with van der Waals surface area (Å²) in [4.78, 5) is 15.6. The fourth-order valence-electron chi connectivity index (χ4n) is 2.82. The van der Waals surface area contributed by atoms with Crippen LogP contribution in [0.4, 0.5) is 0 Å². The predicted molar refractivity (Wildman–Crippen MR) is 100 cm³/mol. The summed E-state index contributed by atoms with van der Waals surface area (Å²) in [7, 11) is 0. The number of nitrogens with two attached hydrogens (primary N) is 1. The van der Waals surface area contributed by atoms with E-state index in [9.17, 15) is 30.3 Å². The highest BCUT2D eigenvalue weighted by Crippen LogP contribution is 2.25. The van der Waals surface area contributed by atoms with Gasteiger partial charge in [-0.15, -0.1) is 0 Å². The molecule has 0 spiro atoms. The Hall–Kier alpha value is -0.670. The molecule has 7 N–H and O–H groups in total. The van der Waals surface area contributed by atoms with Gasteiger partial charge in [0.2, 0.25) is 6.29 Å². The highest BCUT2D eigenvalue weighted by molar-refractivity contribution is 7.97. The Morgan fingerprint density at radius 1 is 1.25 bits per heavy atom. The molecule has 8 atom stereocenters. The van der Waals surface area contributed by atoms with Crippen LogP contribution in [-0.4, -0.2) is 100 Å². The van der Waals surface area contributed by atoms with Crippen LogP contribution in [0.25, 0.3) is 0 Å². The van der Waals surface area contributed by atoms with Gasteiger partial charge in [0.15, 0.2) is 12.6 Å². The molecule has 8 unspecified atom stereocenters. The van der Waals surface area contributed by atoms with E-state index in [1.54, 1.807) is 6.21 Å².